The second-order valence-corrected chi connectivity index (χ2v) is 7.04. The van der Waals surface area contributed by atoms with E-state index in [2.05, 4.69) is 49.4 Å². The van der Waals surface area contributed by atoms with Gasteiger partial charge in [-0.15, -0.1) is 11.3 Å². The zero-order chi connectivity index (χ0) is 17.2. The smallest absolute Gasteiger partial charge is 0.124 e. The van der Waals surface area contributed by atoms with Crippen LogP contribution in [-0.2, 0) is 0 Å². The van der Waals surface area contributed by atoms with E-state index in [1.54, 1.807) is 17.4 Å². The second-order valence-electron chi connectivity index (χ2n) is 6.00. The molecule has 0 atom stereocenters. The Labute approximate surface area is 150 Å². The largest absolute Gasteiger partial charge is 0.507 e. The summed E-state index contributed by atoms with van der Waals surface area (Å²) in [4.78, 5) is 4.73. The van der Waals surface area contributed by atoms with E-state index >= 15 is 0 Å². The minimum absolute atomic E-state index is 0.292. The van der Waals surface area contributed by atoms with Gasteiger partial charge in [0.25, 0.3) is 0 Å². The number of phenolic OH excluding ortho intramolecular Hbond substituents is 1. The molecule has 0 spiro atoms. The van der Waals surface area contributed by atoms with Gasteiger partial charge < -0.3 is 5.11 Å². The van der Waals surface area contributed by atoms with Gasteiger partial charge >= 0.3 is 0 Å². The van der Waals surface area contributed by atoms with Gasteiger partial charge in [0.1, 0.15) is 10.8 Å². The van der Waals surface area contributed by atoms with E-state index < -0.39 is 0 Å². The number of aromatic hydroxyl groups is 1. The lowest BCUT2D eigenvalue weighted by molar-refractivity contribution is 0.474. The molecule has 1 aromatic heterocycles. The van der Waals surface area contributed by atoms with Gasteiger partial charge in [0.15, 0.2) is 0 Å². The number of aromatic nitrogens is 1. The molecule has 0 radical (unpaired) electrons. The Morgan fingerprint density at radius 3 is 2.52 bits per heavy atom. The minimum Gasteiger partial charge on any atom is -0.507 e. The van der Waals surface area contributed by atoms with Crippen molar-refractivity contribution in [3.8, 4) is 16.3 Å². The molecule has 3 aromatic carbocycles. The lowest BCUT2D eigenvalue weighted by Crippen LogP contribution is -1.78. The number of thiazole rings is 1. The fourth-order valence-corrected chi connectivity index (χ4v) is 3.78. The third kappa shape index (κ3) is 3.32. The molecule has 0 aliphatic heterocycles. The quantitative estimate of drug-likeness (QED) is 0.453. The summed E-state index contributed by atoms with van der Waals surface area (Å²) in [5.41, 5.74) is 5.33. The lowest BCUT2D eigenvalue weighted by Gasteiger charge is -1.99. The molecule has 0 aliphatic carbocycles. The molecule has 0 amide bonds. The van der Waals surface area contributed by atoms with Gasteiger partial charge in [0.05, 0.1) is 10.2 Å². The molecule has 0 saturated carbocycles. The molecule has 0 aliphatic rings. The molecule has 0 fully saturated rings. The average molecular weight is 343 g/mol. The molecule has 2 nitrogen and oxygen atoms in total. The average Bonchev–Trinajstić information content (AvgIpc) is 3.04. The standard InChI is InChI=1S/C22H17NOS/c1-15-6-13-19-21(14-15)25-22(23-19)18-11-8-16(9-12-18)7-10-17-4-2-3-5-20(17)24/h2-14,24H,1H3/b10-7+. The van der Waals surface area contributed by atoms with Crippen LogP contribution in [0.5, 0.6) is 5.75 Å². The van der Waals surface area contributed by atoms with Gasteiger partial charge in [-0.1, -0.05) is 60.7 Å². The van der Waals surface area contributed by atoms with E-state index in [4.69, 9.17) is 4.98 Å². The highest BCUT2D eigenvalue weighted by Gasteiger charge is 2.06. The number of benzene rings is 3. The summed E-state index contributed by atoms with van der Waals surface area (Å²) in [5.74, 6) is 0.292. The first kappa shape index (κ1) is 15.6. The topological polar surface area (TPSA) is 33.1 Å². The maximum absolute atomic E-state index is 9.81. The Hall–Kier alpha value is -2.91. The van der Waals surface area contributed by atoms with E-state index in [1.165, 1.54) is 10.3 Å². The summed E-state index contributed by atoms with van der Waals surface area (Å²) in [6.45, 7) is 2.10. The second kappa shape index (κ2) is 6.54. The SMILES string of the molecule is Cc1ccc2nc(-c3ccc(/C=C/c4ccccc4O)cc3)sc2c1. The molecule has 1 heterocycles. The van der Waals surface area contributed by atoms with Gasteiger partial charge in [-0.3, -0.25) is 0 Å². The van der Waals surface area contributed by atoms with Gasteiger partial charge in [0.2, 0.25) is 0 Å². The molecule has 0 unspecified atom stereocenters. The fourth-order valence-electron chi connectivity index (χ4n) is 2.71. The van der Waals surface area contributed by atoms with Crippen LogP contribution in [0.2, 0.25) is 0 Å². The Bertz CT molecular complexity index is 1060. The Morgan fingerprint density at radius 2 is 1.72 bits per heavy atom. The van der Waals surface area contributed by atoms with Crippen molar-refractivity contribution < 1.29 is 5.11 Å². The normalized spacial score (nSPS) is 11.4. The Kier molecular flexibility index (Phi) is 4.08. The summed E-state index contributed by atoms with van der Waals surface area (Å²) >= 11 is 1.72. The summed E-state index contributed by atoms with van der Waals surface area (Å²) in [7, 11) is 0. The van der Waals surface area contributed by atoms with E-state index in [9.17, 15) is 5.11 Å². The van der Waals surface area contributed by atoms with Crippen LogP contribution in [0.3, 0.4) is 0 Å². The zero-order valence-corrected chi connectivity index (χ0v) is 14.6. The van der Waals surface area contributed by atoms with E-state index in [0.29, 0.717) is 5.75 Å². The molecule has 122 valence electrons. The van der Waals surface area contributed by atoms with Crippen LogP contribution in [0.15, 0.2) is 66.7 Å². The molecule has 3 heteroatoms. The highest BCUT2D eigenvalue weighted by molar-refractivity contribution is 7.21. The first-order valence-corrected chi connectivity index (χ1v) is 8.94. The number of hydrogen-bond acceptors (Lipinski definition) is 3. The maximum Gasteiger partial charge on any atom is 0.124 e. The third-order valence-corrected chi connectivity index (χ3v) is 5.16. The summed E-state index contributed by atoms with van der Waals surface area (Å²) in [5, 5.41) is 10.9. The summed E-state index contributed by atoms with van der Waals surface area (Å²) in [6.07, 6.45) is 3.92. The van der Waals surface area contributed by atoms with Crippen LogP contribution in [-0.4, -0.2) is 10.1 Å². The molecule has 25 heavy (non-hydrogen) atoms. The van der Waals surface area contributed by atoms with Gasteiger partial charge in [-0.05, 0) is 36.2 Å². The number of hydrogen-bond donors (Lipinski definition) is 1. The van der Waals surface area contributed by atoms with Gasteiger partial charge in [-0.25, -0.2) is 4.98 Å². The number of nitrogens with zero attached hydrogens (tertiary/aromatic N) is 1. The fraction of sp³-hybridized carbons (Fsp3) is 0.0455. The van der Waals surface area contributed by atoms with Crippen LogP contribution >= 0.6 is 11.3 Å². The van der Waals surface area contributed by atoms with Gasteiger partial charge in [-0.2, -0.15) is 0 Å². The van der Waals surface area contributed by atoms with Crippen molar-refractivity contribution in [2.24, 2.45) is 0 Å². The number of rotatable bonds is 3. The van der Waals surface area contributed by atoms with Crippen LogP contribution < -0.4 is 0 Å². The molecule has 1 N–H and O–H groups in total. The van der Waals surface area contributed by atoms with E-state index in [1.807, 2.05) is 30.4 Å². The molecule has 4 rings (SSSR count). The highest BCUT2D eigenvalue weighted by Crippen LogP contribution is 2.31. The number of fused-ring (bicyclic) bond motifs is 1. The van der Waals surface area contributed by atoms with Crippen molar-refractivity contribution in [2.75, 3.05) is 0 Å². The Balaban J connectivity index is 1.60. The van der Waals surface area contributed by atoms with Crippen molar-refractivity contribution >= 4 is 33.7 Å². The van der Waals surface area contributed by atoms with Crippen LogP contribution in [0.4, 0.5) is 0 Å². The van der Waals surface area contributed by atoms with Crippen LogP contribution in [0, 0.1) is 6.92 Å². The first-order chi connectivity index (χ1) is 12.2. The van der Waals surface area contributed by atoms with E-state index in [0.717, 1.165) is 27.2 Å². The molecule has 4 aromatic rings. The number of para-hydroxylation sites is 1. The lowest BCUT2D eigenvalue weighted by atomic mass is 10.1. The van der Waals surface area contributed by atoms with Crippen molar-refractivity contribution in [2.45, 2.75) is 6.92 Å². The monoisotopic (exact) mass is 343 g/mol. The van der Waals surface area contributed by atoms with Crippen molar-refractivity contribution in [3.05, 3.63) is 83.4 Å². The summed E-state index contributed by atoms with van der Waals surface area (Å²) in [6, 6.07) is 22.0. The maximum atomic E-state index is 9.81. The molecule has 0 bridgehead atoms. The van der Waals surface area contributed by atoms with Crippen LogP contribution in [0.1, 0.15) is 16.7 Å². The van der Waals surface area contributed by atoms with E-state index in [-0.39, 0.29) is 0 Å². The van der Waals surface area contributed by atoms with Crippen molar-refractivity contribution in [1.29, 1.82) is 0 Å². The number of phenols is 1. The third-order valence-electron chi connectivity index (χ3n) is 4.09. The molecular weight excluding hydrogens is 326 g/mol. The van der Waals surface area contributed by atoms with Crippen LogP contribution in [0.25, 0.3) is 32.9 Å². The highest BCUT2D eigenvalue weighted by atomic mass is 32.1. The van der Waals surface area contributed by atoms with Gasteiger partial charge in [0, 0.05) is 11.1 Å². The van der Waals surface area contributed by atoms with Crippen molar-refractivity contribution in [1.82, 2.24) is 4.98 Å². The first-order valence-electron chi connectivity index (χ1n) is 8.13. The predicted molar refractivity (Wildman–Crippen MR) is 107 cm³/mol. The zero-order valence-electron chi connectivity index (χ0n) is 13.8. The molecule has 0 saturated heterocycles. The molecular formula is C22H17NOS. The minimum atomic E-state index is 0.292. The number of aryl methyl sites for hydroxylation is 1. The predicted octanol–water partition coefficient (Wildman–Crippen LogP) is 6.15. The summed E-state index contributed by atoms with van der Waals surface area (Å²) < 4.78 is 1.22. The Morgan fingerprint density at radius 1 is 0.920 bits per heavy atom. The van der Waals surface area contributed by atoms with Crippen molar-refractivity contribution in [3.63, 3.8) is 0 Å².